The Kier molecular flexibility index (Phi) is 3.72. The number of ether oxygens (including phenoxy) is 1. The molecule has 0 saturated heterocycles. The third-order valence-corrected chi connectivity index (χ3v) is 3.24. The van der Waals surface area contributed by atoms with E-state index in [4.69, 9.17) is 10.5 Å². The zero-order valence-corrected chi connectivity index (χ0v) is 9.72. The summed E-state index contributed by atoms with van der Waals surface area (Å²) < 4.78 is 5.26. The lowest BCUT2D eigenvalue weighted by atomic mass is 9.95. The minimum atomic E-state index is 0.291. The molecular weight excluding hydrogens is 202 g/mol. The third-order valence-electron chi connectivity index (χ3n) is 3.24. The monoisotopic (exact) mass is 221 g/mol. The van der Waals surface area contributed by atoms with Gasteiger partial charge in [-0.25, -0.2) is 4.98 Å². The van der Waals surface area contributed by atoms with Gasteiger partial charge in [0.2, 0.25) is 5.88 Å². The van der Waals surface area contributed by atoms with Gasteiger partial charge >= 0.3 is 0 Å². The third kappa shape index (κ3) is 2.50. The molecule has 1 aliphatic rings. The van der Waals surface area contributed by atoms with Crippen molar-refractivity contribution in [2.24, 2.45) is 5.73 Å². The second-order valence-corrected chi connectivity index (χ2v) is 4.43. The lowest BCUT2D eigenvalue weighted by Crippen LogP contribution is -2.21. The second-order valence-electron chi connectivity index (χ2n) is 4.43. The second kappa shape index (κ2) is 5.25. The van der Waals surface area contributed by atoms with E-state index in [1.165, 1.54) is 12.8 Å². The van der Waals surface area contributed by atoms with Gasteiger partial charge in [-0.1, -0.05) is 12.8 Å². The fourth-order valence-electron chi connectivity index (χ4n) is 2.42. The van der Waals surface area contributed by atoms with Gasteiger partial charge in [-0.05, 0) is 19.3 Å². The Morgan fingerprint density at radius 1 is 1.25 bits per heavy atom. The molecule has 4 heteroatoms. The van der Waals surface area contributed by atoms with Gasteiger partial charge in [0, 0.05) is 24.4 Å². The maximum atomic E-state index is 6.06. The molecule has 0 radical (unpaired) electrons. The van der Waals surface area contributed by atoms with E-state index >= 15 is 0 Å². The summed E-state index contributed by atoms with van der Waals surface area (Å²) >= 11 is 0. The summed E-state index contributed by atoms with van der Waals surface area (Å²) in [5.41, 5.74) is 7.04. The summed E-state index contributed by atoms with van der Waals surface area (Å²) in [6, 6.07) is 0.291. The van der Waals surface area contributed by atoms with Gasteiger partial charge in [0.05, 0.1) is 7.11 Å². The Morgan fingerprint density at radius 2 is 2.00 bits per heavy atom. The van der Waals surface area contributed by atoms with E-state index < -0.39 is 0 Å². The van der Waals surface area contributed by atoms with Crippen molar-refractivity contribution >= 4 is 0 Å². The molecule has 2 rings (SSSR count). The van der Waals surface area contributed by atoms with Crippen LogP contribution < -0.4 is 10.5 Å². The van der Waals surface area contributed by atoms with Gasteiger partial charge in [-0.15, -0.1) is 0 Å². The molecule has 0 aliphatic heterocycles. The summed E-state index contributed by atoms with van der Waals surface area (Å²) in [5, 5.41) is 0. The molecule has 2 unspecified atom stereocenters. The van der Waals surface area contributed by atoms with Gasteiger partial charge in [-0.2, -0.15) is 0 Å². The first-order valence-corrected chi connectivity index (χ1v) is 5.91. The first kappa shape index (κ1) is 11.3. The summed E-state index contributed by atoms with van der Waals surface area (Å²) in [5.74, 6) is 1.06. The Balaban J connectivity index is 2.20. The molecule has 2 N–H and O–H groups in total. The van der Waals surface area contributed by atoms with Crippen LogP contribution in [0.15, 0.2) is 12.4 Å². The molecule has 1 aromatic rings. The fourth-order valence-corrected chi connectivity index (χ4v) is 2.42. The number of hydrogen-bond donors (Lipinski definition) is 1. The van der Waals surface area contributed by atoms with Crippen LogP contribution in [-0.2, 0) is 0 Å². The van der Waals surface area contributed by atoms with Crippen molar-refractivity contribution < 1.29 is 4.74 Å². The molecule has 2 atom stereocenters. The quantitative estimate of drug-likeness (QED) is 0.774. The average molecular weight is 221 g/mol. The molecule has 0 spiro atoms. The largest absolute Gasteiger partial charge is 0.480 e. The standard InChI is InChI=1S/C12H19N3O/c1-16-12-11(14-6-7-15-12)9-4-2-3-5-10(13)8-9/h6-7,9-10H,2-5,8,13H2,1H3. The van der Waals surface area contributed by atoms with Crippen LogP contribution in [0.5, 0.6) is 5.88 Å². The smallest absolute Gasteiger partial charge is 0.235 e. The molecule has 1 aromatic heterocycles. The Bertz CT molecular complexity index is 343. The van der Waals surface area contributed by atoms with Crippen LogP contribution in [0.3, 0.4) is 0 Å². The molecule has 16 heavy (non-hydrogen) atoms. The summed E-state index contributed by atoms with van der Waals surface area (Å²) in [4.78, 5) is 8.61. The van der Waals surface area contributed by atoms with Crippen LogP contribution in [-0.4, -0.2) is 23.1 Å². The van der Waals surface area contributed by atoms with Crippen molar-refractivity contribution in [3.63, 3.8) is 0 Å². The van der Waals surface area contributed by atoms with Gasteiger partial charge < -0.3 is 10.5 Å². The summed E-state index contributed by atoms with van der Waals surface area (Å²) in [6.45, 7) is 0. The van der Waals surface area contributed by atoms with E-state index in [0.717, 1.165) is 25.0 Å². The highest BCUT2D eigenvalue weighted by atomic mass is 16.5. The van der Waals surface area contributed by atoms with E-state index in [-0.39, 0.29) is 0 Å². The highest BCUT2D eigenvalue weighted by Crippen LogP contribution is 2.33. The number of aromatic nitrogens is 2. The maximum absolute atomic E-state index is 6.06. The van der Waals surface area contributed by atoms with Crippen LogP contribution in [0, 0.1) is 0 Å². The van der Waals surface area contributed by atoms with Crippen LogP contribution >= 0.6 is 0 Å². The molecule has 1 fully saturated rings. The van der Waals surface area contributed by atoms with E-state index in [1.807, 2.05) is 0 Å². The molecule has 1 aliphatic carbocycles. The van der Waals surface area contributed by atoms with Gasteiger partial charge in [0.1, 0.15) is 5.69 Å². The van der Waals surface area contributed by atoms with Crippen LogP contribution in [0.25, 0.3) is 0 Å². The van der Waals surface area contributed by atoms with E-state index in [0.29, 0.717) is 17.8 Å². The van der Waals surface area contributed by atoms with Crippen LogP contribution in [0.1, 0.15) is 43.7 Å². The highest BCUT2D eigenvalue weighted by molar-refractivity contribution is 5.22. The van der Waals surface area contributed by atoms with Crippen molar-refractivity contribution in [2.75, 3.05) is 7.11 Å². The zero-order chi connectivity index (χ0) is 11.4. The molecule has 0 amide bonds. The fraction of sp³-hybridized carbons (Fsp3) is 0.667. The van der Waals surface area contributed by atoms with Crippen LogP contribution in [0.4, 0.5) is 0 Å². The molecule has 1 heterocycles. The highest BCUT2D eigenvalue weighted by Gasteiger charge is 2.23. The normalized spacial score (nSPS) is 26.1. The lowest BCUT2D eigenvalue weighted by Gasteiger charge is -2.17. The lowest BCUT2D eigenvalue weighted by molar-refractivity contribution is 0.378. The van der Waals surface area contributed by atoms with Crippen molar-refractivity contribution in [3.8, 4) is 5.88 Å². The minimum Gasteiger partial charge on any atom is -0.480 e. The van der Waals surface area contributed by atoms with E-state index in [1.54, 1.807) is 19.5 Å². The van der Waals surface area contributed by atoms with E-state index in [2.05, 4.69) is 9.97 Å². The van der Waals surface area contributed by atoms with Gasteiger partial charge in [-0.3, -0.25) is 4.98 Å². The number of nitrogens with zero attached hydrogens (tertiary/aromatic N) is 2. The molecule has 0 aromatic carbocycles. The predicted molar refractivity (Wildman–Crippen MR) is 62.4 cm³/mol. The summed E-state index contributed by atoms with van der Waals surface area (Å²) in [7, 11) is 1.64. The van der Waals surface area contributed by atoms with Crippen molar-refractivity contribution in [2.45, 2.75) is 44.1 Å². The Morgan fingerprint density at radius 3 is 2.81 bits per heavy atom. The number of hydrogen-bond acceptors (Lipinski definition) is 4. The molecule has 0 bridgehead atoms. The Labute approximate surface area is 96.2 Å². The number of rotatable bonds is 2. The SMILES string of the molecule is COc1nccnc1C1CCCCC(N)C1. The minimum absolute atomic E-state index is 0.291. The first-order valence-electron chi connectivity index (χ1n) is 5.91. The first-order chi connectivity index (χ1) is 7.81. The number of nitrogens with two attached hydrogens (primary N) is 1. The van der Waals surface area contributed by atoms with Gasteiger partial charge in [0.15, 0.2) is 0 Å². The summed E-state index contributed by atoms with van der Waals surface area (Å²) in [6.07, 6.45) is 9.10. The van der Waals surface area contributed by atoms with Crippen LogP contribution in [0.2, 0.25) is 0 Å². The van der Waals surface area contributed by atoms with Crippen molar-refractivity contribution in [1.29, 1.82) is 0 Å². The van der Waals surface area contributed by atoms with Crippen molar-refractivity contribution in [3.05, 3.63) is 18.1 Å². The topological polar surface area (TPSA) is 61.0 Å². The van der Waals surface area contributed by atoms with Gasteiger partial charge in [0.25, 0.3) is 0 Å². The average Bonchev–Trinajstić information content (AvgIpc) is 2.54. The Hall–Kier alpha value is -1.16. The molecule has 1 saturated carbocycles. The molecule has 88 valence electrons. The predicted octanol–water partition coefficient (Wildman–Crippen LogP) is 1.86. The molecule has 4 nitrogen and oxygen atoms in total. The zero-order valence-electron chi connectivity index (χ0n) is 9.72. The number of methoxy groups -OCH3 is 1. The maximum Gasteiger partial charge on any atom is 0.235 e. The molecular formula is C12H19N3O. The van der Waals surface area contributed by atoms with E-state index in [9.17, 15) is 0 Å². The van der Waals surface area contributed by atoms with Crippen molar-refractivity contribution in [1.82, 2.24) is 9.97 Å².